The molecule has 1 aromatic heterocycles. The Labute approximate surface area is 184 Å². The predicted octanol–water partition coefficient (Wildman–Crippen LogP) is 3.63. The molecule has 1 aromatic carbocycles. The number of likely N-dealkylation sites (tertiary alicyclic amines) is 1. The molecule has 0 radical (unpaired) electrons. The van der Waals surface area contributed by atoms with Gasteiger partial charge in [-0.2, -0.15) is 5.23 Å². The van der Waals surface area contributed by atoms with Crippen LogP contribution in [0.2, 0.25) is 0 Å². The summed E-state index contributed by atoms with van der Waals surface area (Å²) in [6.45, 7) is 10.6. The topological polar surface area (TPSA) is 89.9 Å². The minimum atomic E-state index is -0.944. The highest BCUT2D eigenvalue weighted by Crippen LogP contribution is 2.39. The average molecular weight is 427 g/mol. The first-order valence-electron chi connectivity index (χ1n) is 11.5. The van der Waals surface area contributed by atoms with Gasteiger partial charge in [-0.25, -0.2) is 5.21 Å². The van der Waals surface area contributed by atoms with E-state index in [1.54, 1.807) is 24.3 Å². The molecule has 168 valence electrons. The molecule has 1 saturated heterocycles. The van der Waals surface area contributed by atoms with E-state index in [0.717, 1.165) is 18.4 Å². The number of hydrogen-bond donors (Lipinski definition) is 2. The Morgan fingerprint density at radius 2 is 1.90 bits per heavy atom. The number of nitrogens with one attached hydrogen (secondary N) is 1. The Morgan fingerprint density at radius 3 is 2.55 bits per heavy atom. The van der Waals surface area contributed by atoms with Crippen molar-refractivity contribution >= 4 is 5.69 Å². The van der Waals surface area contributed by atoms with Crippen molar-refractivity contribution < 1.29 is 14.9 Å². The molecule has 0 bridgehead atoms. The number of benzene rings is 1. The summed E-state index contributed by atoms with van der Waals surface area (Å²) in [4.78, 5) is 2.63. The standard InChI is InChI=1S/C24H34N4O3/c1-16(2)22-13-19(17(3)12-20(22)15-27-10-4-5-11-27)14-23-25-26-24(31-23)18-6-8-21(9-7-18)28(29)30/h6-9,12,16,19-20,22,28-29H,4-5,10-11,13-15H2,1-3H3/t19-,20-,22-/m0/s1. The van der Waals surface area contributed by atoms with Gasteiger partial charge in [0.1, 0.15) is 0 Å². The first-order chi connectivity index (χ1) is 14.9. The summed E-state index contributed by atoms with van der Waals surface area (Å²) < 4.78 is 5.95. The van der Waals surface area contributed by atoms with Crippen LogP contribution in [0.1, 0.15) is 45.9 Å². The fraction of sp³-hybridized carbons (Fsp3) is 0.583. The fourth-order valence-electron chi connectivity index (χ4n) is 5.17. The van der Waals surface area contributed by atoms with Crippen molar-refractivity contribution in [2.24, 2.45) is 23.7 Å². The summed E-state index contributed by atoms with van der Waals surface area (Å²) in [6.07, 6.45) is 7.09. The van der Waals surface area contributed by atoms with Crippen LogP contribution in [0.4, 0.5) is 5.69 Å². The Kier molecular flexibility index (Phi) is 6.86. The average Bonchev–Trinajstić information content (AvgIpc) is 3.42. The molecular weight excluding hydrogens is 392 g/mol. The SMILES string of the molecule is CC1=C[C@@H](CN2CCCC2)[C@H](C(C)C)C[C@H]1Cc1nnc(-c2ccc([NH+]([O-])O)cc2)o1. The highest BCUT2D eigenvalue weighted by molar-refractivity contribution is 5.55. The van der Waals surface area contributed by atoms with Gasteiger partial charge < -0.3 is 14.5 Å². The van der Waals surface area contributed by atoms with Crippen molar-refractivity contribution in [2.75, 3.05) is 19.6 Å². The number of aromatic nitrogens is 2. The maximum atomic E-state index is 11.0. The molecule has 1 unspecified atom stereocenters. The fourth-order valence-corrected chi connectivity index (χ4v) is 5.17. The lowest BCUT2D eigenvalue weighted by atomic mass is 9.69. The normalized spacial score (nSPS) is 25.7. The van der Waals surface area contributed by atoms with Crippen LogP contribution >= 0.6 is 0 Å². The second-order valence-corrected chi connectivity index (χ2v) is 9.51. The molecular formula is C24H34N4O3. The van der Waals surface area contributed by atoms with Crippen molar-refractivity contribution in [3.63, 3.8) is 0 Å². The Morgan fingerprint density at radius 1 is 1.19 bits per heavy atom. The van der Waals surface area contributed by atoms with Crippen molar-refractivity contribution in [1.29, 1.82) is 0 Å². The number of rotatable bonds is 7. The van der Waals surface area contributed by atoms with Crippen LogP contribution in [0.15, 0.2) is 40.3 Å². The lowest BCUT2D eigenvalue weighted by molar-refractivity contribution is -0.991. The summed E-state index contributed by atoms with van der Waals surface area (Å²) in [5, 5.41) is 27.6. The molecule has 31 heavy (non-hydrogen) atoms. The van der Waals surface area contributed by atoms with Crippen LogP contribution < -0.4 is 5.23 Å². The molecule has 2 aromatic rings. The van der Waals surface area contributed by atoms with Crippen LogP contribution in [0.5, 0.6) is 0 Å². The Balaban J connectivity index is 1.45. The van der Waals surface area contributed by atoms with E-state index < -0.39 is 5.23 Å². The van der Waals surface area contributed by atoms with Crippen molar-refractivity contribution in [1.82, 2.24) is 15.1 Å². The van der Waals surface area contributed by atoms with Crippen LogP contribution in [0.3, 0.4) is 0 Å². The largest absolute Gasteiger partial charge is 0.595 e. The third-order valence-corrected chi connectivity index (χ3v) is 7.02. The molecule has 1 fully saturated rings. The van der Waals surface area contributed by atoms with Crippen LogP contribution in [-0.4, -0.2) is 39.9 Å². The quantitative estimate of drug-likeness (QED) is 0.519. The van der Waals surface area contributed by atoms with E-state index in [9.17, 15) is 5.21 Å². The lowest BCUT2D eigenvalue weighted by Crippen LogP contribution is -2.99. The number of quaternary nitrogens is 1. The molecule has 2 heterocycles. The Hall–Kier alpha value is -2.06. The van der Waals surface area contributed by atoms with E-state index in [4.69, 9.17) is 9.62 Å². The highest BCUT2D eigenvalue weighted by atomic mass is 16.8. The van der Waals surface area contributed by atoms with E-state index in [2.05, 4.69) is 41.9 Å². The molecule has 2 N–H and O–H groups in total. The molecule has 4 atom stereocenters. The zero-order valence-corrected chi connectivity index (χ0v) is 18.8. The van der Waals surface area contributed by atoms with Crippen LogP contribution in [-0.2, 0) is 6.42 Å². The number of allylic oxidation sites excluding steroid dienone is 1. The second kappa shape index (κ2) is 9.61. The molecule has 2 aliphatic rings. The van der Waals surface area contributed by atoms with Gasteiger partial charge in [-0.3, -0.25) is 0 Å². The second-order valence-electron chi connectivity index (χ2n) is 9.51. The van der Waals surface area contributed by atoms with Crippen molar-refractivity contribution in [3.05, 3.63) is 47.0 Å². The predicted molar refractivity (Wildman–Crippen MR) is 119 cm³/mol. The molecule has 0 saturated carbocycles. The zero-order valence-electron chi connectivity index (χ0n) is 18.8. The van der Waals surface area contributed by atoms with Gasteiger partial charge in [0.15, 0.2) is 5.69 Å². The van der Waals surface area contributed by atoms with Gasteiger partial charge in [0.25, 0.3) is 0 Å². The number of hydrogen-bond acceptors (Lipinski definition) is 6. The maximum Gasteiger partial charge on any atom is 0.247 e. The van der Waals surface area contributed by atoms with E-state index in [1.807, 2.05) is 0 Å². The molecule has 7 nitrogen and oxygen atoms in total. The summed E-state index contributed by atoms with van der Waals surface area (Å²) in [5.41, 5.74) is 2.42. The number of nitrogens with zero attached hydrogens (tertiary/aromatic N) is 3. The first kappa shape index (κ1) is 22.1. The van der Waals surface area contributed by atoms with Crippen LogP contribution in [0, 0.1) is 28.9 Å². The third kappa shape index (κ3) is 5.23. The monoisotopic (exact) mass is 426 g/mol. The van der Waals surface area contributed by atoms with Crippen molar-refractivity contribution in [2.45, 2.75) is 46.5 Å². The van der Waals surface area contributed by atoms with Gasteiger partial charge in [-0.15, -0.1) is 10.2 Å². The maximum absolute atomic E-state index is 11.0. The molecule has 1 aliphatic carbocycles. The summed E-state index contributed by atoms with van der Waals surface area (Å²) in [7, 11) is 0. The van der Waals surface area contributed by atoms with Gasteiger partial charge in [0.2, 0.25) is 11.8 Å². The van der Waals surface area contributed by atoms with E-state index in [0.29, 0.717) is 35.5 Å². The highest BCUT2D eigenvalue weighted by Gasteiger charge is 2.33. The summed E-state index contributed by atoms with van der Waals surface area (Å²) >= 11 is 0. The smallest absolute Gasteiger partial charge is 0.247 e. The molecule has 4 rings (SSSR count). The van der Waals surface area contributed by atoms with Gasteiger partial charge in [0, 0.05) is 30.7 Å². The molecule has 7 heteroatoms. The van der Waals surface area contributed by atoms with Crippen LogP contribution in [0.25, 0.3) is 11.5 Å². The Bertz CT molecular complexity index is 884. The lowest BCUT2D eigenvalue weighted by Gasteiger charge is -2.38. The van der Waals surface area contributed by atoms with E-state index >= 15 is 0 Å². The minimum Gasteiger partial charge on any atom is -0.595 e. The molecule has 1 aliphatic heterocycles. The van der Waals surface area contributed by atoms with Gasteiger partial charge in [0.05, 0.1) is 0 Å². The van der Waals surface area contributed by atoms with E-state index in [1.165, 1.54) is 38.0 Å². The third-order valence-electron chi connectivity index (χ3n) is 7.02. The van der Waals surface area contributed by atoms with Gasteiger partial charge >= 0.3 is 0 Å². The molecule has 0 spiro atoms. The van der Waals surface area contributed by atoms with E-state index in [-0.39, 0.29) is 5.69 Å². The minimum absolute atomic E-state index is 0.245. The van der Waals surface area contributed by atoms with Gasteiger partial charge in [-0.1, -0.05) is 25.5 Å². The van der Waals surface area contributed by atoms with Crippen molar-refractivity contribution in [3.8, 4) is 11.5 Å². The molecule has 0 amide bonds. The summed E-state index contributed by atoms with van der Waals surface area (Å²) in [6, 6.07) is 6.54. The summed E-state index contributed by atoms with van der Waals surface area (Å²) in [5.74, 6) is 3.45. The van der Waals surface area contributed by atoms with Gasteiger partial charge in [-0.05, 0) is 75.1 Å². The first-order valence-corrected chi connectivity index (χ1v) is 11.5. The zero-order chi connectivity index (χ0) is 22.0.